The van der Waals surface area contributed by atoms with E-state index in [9.17, 15) is 13.2 Å². The Kier molecular flexibility index (Phi) is 6.67. The molecule has 0 saturated heterocycles. The predicted octanol–water partition coefficient (Wildman–Crippen LogP) is 4.70. The molecule has 3 rings (SSSR count). The topological polar surface area (TPSA) is 72.5 Å². The van der Waals surface area contributed by atoms with E-state index in [1.165, 1.54) is 12.1 Å². The first-order valence-corrected chi connectivity index (χ1v) is 11.0. The fraction of sp³-hybridized carbons (Fsp3) is 0.174. The average molecular weight is 410 g/mol. The van der Waals surface area contributed by atoms with E-state index in [4.69, 9.17) is 4.74 Å². The van der Waals surface area contributed by atoms with Crippen LogP contribution in [0.5, 0.6) is 5.75 Å². The molecular formula is C23H23NO4S. The number of hydrogen-bond acceptors (Lipinski definition) is 4. The molecule has 0 bridgehead atoms. The summed E-state index contributed by atoms with van der Waals surface area (Å²) in [5.74, 6) is 0.223. The maximum atomic E-state index is 12.7. The van der Waals surface area contributed by atoms with Crippen LogP contribution in [0, 0.1) is 0 Å². The molecule has 0 atom stereocenters. The summed E-state index contributed by atoms with van der Waals surface area (Å²) in [7, 11) is -3.50. The van der Waals surface area contributed by atoms with E-state index < -0.39 is 15.7 Å². The Morgan fingerprint density at radius 2 is 1.55 bits per heavy atom. The van der Waals surface area contributed by atoms with E-state index in [1.807, 2.05) is 30.3 Å². The van der Waals surface area contributed by atoms with Crippen molar-refractivity contribution in [3.63, 3.8) is 0 Å². The van der Waals surface area contributed by atoms with Crippen molar-refractivity contribution in [1.29, 1.82) is 0 Å². The molecule has 0 fully saturated rings. The zero-order valence-electron chi connectivity index (χ0n) is 16.2. The van der Waals surface area contributed by atoms with Gasteiger partial charge >= 0.3 is 0 Å². The molecule has 0 saturated carbocycles. The second-order valence-electron chi connectivity index (χ2n) is 6.57. The van der Waals surface area contributed by atoms with Gasteiger partial charge in [-0.3, -0.25) is 4.79 Å². The standard InChI is InChI=1S/C23H23NO4S/c1-2-16-29(26,27)22-11-7-6-10-21(22)23(25)24-19-12-14-20(15-13-19)28-17-18-8-4-3-5-9-18/h3-15H,2,16-17H2,1H3,(H,24,25). The summed E-state index contributed by atoms with van der Waals surface area (Å²) in [5.41, 5.74) is 1.77. The molecule has 3 aromatic rings. The summed E-state index contributed by atoms with van der Waals surface area (Å²) in [6.45, 7) is 2.25. The van der Waals surface area contributed by atoms with Gasteiger partial charge in [0.1, 0.15) is 12.4 Å². The molecule has 1 amide bonds. The third kappa shape index (κ3) is 5.45. The Bertz CT molecular complexity index is 1060. The number of benzene rings is 3. The van der Waals surface area contributed by atoms with Crippen LogP contribution in [0.4, 0.5) is 5.69 Å². The van der Waals surface area contributed by atoms with Gasteiger partial charge in [0.2, 0.25) is 0 Å². The molecule has 0 aliphatic rings. The number of carbonyl (C=O) groups excluding carboxylic acids is 1. The lowest BCUT2D eigenvalue weighted by Crippen LogP contribution is -2.17. The highest BCUT2D eigenvalue weighted by molar-refractivity contribution is 7.91. The summed E-state index contributed by atoms with van der Waals surface area (Å²) >= 11 is 0. The van der Waals surface area contributed by atoms with E-state index >= 15 is 0 Å². The maximum absolute atomic E-state index is 12.7. The monoisotopic (exact) mass is 409 g/mol. The number of amides is 1. The maximum Gasteiger partial charge on any atom is 0.256 e. The highest BCUT2D eigenvalue weighted by Gasteiger charge is 2.21. The summed E-state index contributed by atoms with van der Waals surface area (Å²) < 4.78 is 30.6. The van der Waals surface area contributed by atoms with Crippen LogP contribution in [-0.4, -0.2) is 20.1 Å². The average Bonchev–Trinajstić information content (AvgIpc) is 2.74. The van der Waals surface area contributed by atoms with Crippen LogP contribution in [0.1, 0.15) is 29.3 Å². The Labute approximate surface area is 171 Å². The van der Waals surface area contributed by atoms with Crippen molar-refractivity contribution in [2.24, 2.45) is 0 Å². The molecule has 0 spiro atoms. The lowest BCUT2D eigenvalue weighted by Gasteiger charge is -2.11. The first-order chi connectivity index (χ1) is 14.0. The minimum atomic E-state index is -3.50. The molecule has 0 aromatic heterocycles. The smallest absolute Gasteiger partial charge is 0.256 e. The largest absolute Gasteiger partial charge is 0.489 e. The second-order valence-corrected chi connectivity index (χ2v) is 8.65. The Morgan fingerprint density at radius 1 is 0.897 bits per heavy atom. The van der Waals surface area contributed by atoms with Crippen LogP contribution in [0.25, 0.3) is 0 Å². The number of nitrogens with one attached hydrogen (secondary N) is 1. The molecule has 0 aliphatic heterocycles. The molecule has 3 aromatic carbocycles. The zero-order chi connectivity index (χ0) is 20.7. The molecule has 5 nitrogen and oxygen atoms in total. The number of ether oxygens (including phenoxy) is 1. The van der Waals surface area contributed by atoms with Crippen molar-refractivity contribution in [1.82, 2.24) is 0 Å². The molecule has 0 unspecified atom stereocenters. The minimum Gasteiger partial charge on any atom is -0.489 e. The van der Waals surface area contributed by atoms with Crippen molar-refractivity contribution in [3.05, 3.63) is 90.0 Å². The van der Waals surface area contributed by atoms with Crippen molar-refractivity contribution in [3.8, 4) is 5.75 Å². The van der Waals surface area contributed by atoms with Crippen molar-refractivity contribution in [2.45, 2.75) is 24.8 Å². The number of carbonyl (C=O) groups is 1. The first-order valence-electron chi connectivity index (χ1n) is 9.39. The quantitative estimate of drug-likeness (QED) is 0.585. The predicted molar refractivity (Wildman–Crippen MR) is 114 cm³/mol. The summed E-state index contributed by atoms with van der Waals surface area (Å²) in [4.78, 5) is 12.7. The van der Waals surface area contributed by atoms with Crippen LogP contribution >= 0.6 is 0 Å². The van der Waals surface area contributed by atoms with Gasteiger partial charge in [-0.2, -0.15) is 0 Å². The number of hydrogen-bond donors (Lipinski definition) is 1. The normalized spacial score (nSPS) is 11.1. The van der Waals surface area contributed by atoms with Gasteiger partial charge in [0, 0.05) is 5.69 Å². The lowest BCUT2D eigenvalue weighted by atomic mass is 10.2. The third-order valence-corrected chi connectivity index (χ3v) is 6.27. The Balaban J connectivity index is 1.69. The van der Waals surface area contributed by atoms with Crippen LogP contribution in [0.2, 0.25) is 0 Å². The second kappa shape index (κ2) is 9.39. The van der Waals surface area contributed by atoms with Crippen molar-refractivity contribution >= 4 is 21.4 Å². The number of rotatable bonds is 8. The van der Waals surface area contributed by atoms with Gasteiger partial charge in [0.15, 0.2) is 9.84 Å². The number of sulfone groups is 1. The third-order valence-electron chi connectivity index (χ3n) is 4.30. The molecule has 1 N–H and O–H groups in total. The lowest BCUT2D eigenvalue weighted by molar-refractivity contribution is 0.102. The van der Waals surface area contributed by atoms with E-state index in [-0.39, 0.29) is 16.2 Å². The van der Waals surface area contributed by atoms with Gasteiger partial charge in [-0.05, 0) is 48.4 Å². The Morgan fingerprint density at radius 3 is 2.24 bits per heavy atom. The van der Waals surface area contributed by atoms with Gasteiger partial charge in [-0.15, -0.1) is 0 Å². The van der Waals surface area contributed by atoms with Gasteiger partial charge in [-0.1, -0.05) is 49.4 Å². The fourth-order valence-electron chi connectivity index (χ4n) is 2.88. The van der Waals surface area contributed by atoms with Gasteiger partial charge < -0.3 is 10.1 Å². The van der Waals surface area contributed by atoms with Crippen LogP contribution < -0.4 is 10.1 Å². The highest BCUT2D eigenvalue weighted by Crippen LogP contribution is 2.21. The highest BCUT2D eigenvalue weighted by atomic mass is 32.2. The molecule has 0 aliphatic carbocycles. The molecule has 6 heteroatoms. The Hall–Kier alpha value is -3.12. The summed E-state index contributed by atoms with van der Waals surface area (Å²) in [6.07, 6.45) is 0.489. The summed E-state index contributed by atoms with van der Waals surface area (Å²) in [6, 6.07) is 23.1. The van der Waals surface area contributed by atoms with Gasteiger partial charge in [0.25, 0.3) is 5.91 Å². The molecule has 0 heterocycles. The van der Waals surface area contributed by atoms with Gasteiger partial charge in [-0.25, -0.2) is 8.42 Å². The fourth-order valence-corrected chi connectivity index (χ4v) is 4.42. The van der Waals surface area contributed by atoms with Crippen LogP contribution in [0.3, 0.4) is 0 Å². The van der Waals surface area contributed by atoms with E-state index in [2.05, 4.69) is 5.32 Å². The van der Waals surface area contributed by atoms with Crippen molar-refractivity contribution < 1.29 is 17.9 Å². The van der Waals surface area contributed by atoms with E-state index in [1.54, 1.807) is 43.3 Å². The molecule has 0 radical (unpaired) electrons. The molecule has 29 heavy (non-hydrogen) atoms. The van der Waals surface area contributed by atoms with Gasteiger partial charge in [0.05, 0.1) is 16.2 Å². The van der Waals surface area contributed by atoms with E-state index in [0.717, 1.165) is 5.56 Å². The number of anilines is 1. The molecular weight excluding hydrogens is 386 g/mol. The molecule has 150 valence electrons. The zero-order valence-corrected chi connectivity index (χ0v) is 17.0. The SMILES string of the molecule is CCCS(=O)(=O)c1ccccc1C(=O)Nc1ccc(OCc2ccccc2)cc1. The van der Waals surface area contributed by atoms with Crippen LogP contribution in [-0.2, 0) is 16.4 Å². The minimum absolute atomic E-state index is 0.00471. The van der Waals surface area contributed by atoms with Crippen molar-refractivity contribution in [2.75, 3.05) is 11.1 Å². The van der Waals surface area contributed by atoms with Crippen LogP contribution in [0.15, 0.2) is 83.8 Å². The first kappa shape index (κ1) is 20.6. The van der Waals surface area contributed by atoms with E-state index in [0.29, 0.717) is 24.5 Å². The summed E-state index contributed by atoms with van der Waals surface area (Å²) in [5, 5.41) is 2.75.